The predicted molar refractivity (Wildman–Crippen MR) is 87.9 cm³/mol. The smallest absolute Gasteiger partial charge is 0.269 e. The summed E-state index contributed by atoms with van der Waals surface area (Å²) < 4.78 is 0. The highest BCUT2D eigenvalue weighted by Crippen LogP contribution is 2.13. The van der Waals surface area contributed by atoms with Crippen molar-refractivity contribution in [3.8, 4) is 0 Å². The molecule has 2 N–H and O–H groups in total. The van der Waals surface area contributed by atoms with Crippen LogP contribution in [-0.2, 0) is 17.8 Å². The van der Waals surface area contributed by atoms with Crippen molar-refractivity contribution in [3.05, 3.63) is 75.8 Å². The summed E-state index contributed by atoms with van der Waals surface area (Å²) in [5.41, 5.74) is 2.00. The van der Waals surface area contributed by atoms with Crippen LogP contribution in [-0.4, -0.2) is 23.9 Å². The van der Waals surface area contributed by atoms with E-state index < -0.39 is 11.0 Å². The van der Waals surface area contributed by atoms with Crippen LogP contribution >= 0.6 is 0 Å². The second kappa shape index (κ2) is 8.05. The summed E-state index contributed by atoms with van der Waals surface area (Å²) in [6, 6.07) is 15.7. The molecule has 0 saturated heterocycles. The Balaban J connectivity index is 2.03. The summed E-state index contributed by atoms with van der Waals surface area (Å²) in [5, 5.41) is 16.5. The Morgan fingerprint density at radius 1 is 1.09 bits per heavy atom. The summed E-state index contributed by atoms with van der Waals surface area (Å²) in [6.45, 7) is 0.575. The molecular weight excluding hydrogens is 294 g/mol. The van der Waals surface area contributed by atoms with Crippen molar-refractivity contribution in [2.75, 3.05) is 7.05 Å². The molecule has 0 spiro atoms. The first-order valence-electron chi connectivity index (χ1n) is 7.32. The van der Waals surface area contributed by atoms with Gasteiger partial charge in [0, 0.05) is 25.7 Å². The fourth-order valence-corrected chi connectivity index (χ4v) is 2.26. The number of nitrogens with one attached hydrogen (secondary N) is 2. The SMILES string of the molecule is CNC(=O)[C@H](Cc1ccc([N+](=O)[O-])cc1)NCc1ccccc1. The molecule has 120 valence electrons. The lowest BCUT2D eigenvalue weighted by atomic mass is 10.0. The number of non-ortho nitro benzene ring substituents is 1. The molecule has 6 heteroatoms. The van der Waals surface area contributed by atoms with Gasteiger partial charge in [-0.2, -0.15) is 0 Å². The summed E-state index contributed by atoms with van der Waals surface area (Å²) >= 11 is 0. The fourth-order valence-electron chi connectivity index (χ4n) is 2.26. The second-order valence-electron chi connectivity index (χ2n) is 5.16. The lowest BCUT2D eigenvalue weighted by Gasteiger charge is -2.17. The van der Waals surface area contributed by atoms with Crippen LogP contribution < -0.4 is 10.6 Å². The van der Waals surface area contributed by atoms with E-state index in [1.54, 1.807) is 19.2 Å². The topological polar surface area (TPSA) is 84.3 Å². The summed E-state index contributed by atoms with van der Waals surface area (Å²) in [6.07, 6.45) is 0.463. The number of hydrogen-bond acceptors (Lipinski definition) is 4. The van der Waals surface area contributed by atoms with Gasteiger partial charge in [0.25, 0.3) is 5.69 Å². The van der Waals surface area contributed by atoms with Crippen molar-refractivity contribution in [1.29, 1.82) is 0 Å². The maximum absolute atomic E-state index is 12.0. The van der Waals surface area contributed by atoms with Gasteiger partial charge in [0.15, 0.2) is 0 Å². The van der Waals surface area contributed by atoms with Crippen LogP contribution in [0.3, 0.4) is 0 Å². The van der Waals surface area contributed by atoms with E-state index in [4.69, 9.17) is 0 Å². The molecule has 2 rings (SSSR count). The van der Waals surface area contributed by atoms with Crippen molar-refractivity contribution in [3.63, 3.8) is 0 Å². The van der Waals surface area contributed by atoms with E-state index in [0.717, 1.165) is 11.1 Å². The Kier molecular flexibility index (Phi) is 5.82. The zero-order valence-corrected chi connectivity index (χ0v) is 12.9. The quantitative estimate of drug-likeness (QED) is 0.605. The number of rotatable bonds is 7. The molecule has 0 radical (unpaired) electrons. The normalized spacial score (nSPS) is 11.7. The van der Waals surface area contributed by atoms with Crippen LogP contribution in [0.4, 0.5) is 5.69 Å². The molecule has 6 nitrogen and oxygen atoms in total. The molecule has 1 amide bonds. The number of hydrogen-bond donors (Lipinski definition) is 2. The lowest BCUT2D eigenvalue weighted by Crippen LogP contribution is -2.44. The predicted octanol–water partition coefficient (Wildman–Crippen LogP) is 2.04. The Morgan fingerprint density at radius 2 is 1.74 bits per heavy atom. The Morgan fingerprint density at radius 3 is 2.30 bits per heavy atom. The molecule has 0 fully saturated rings. The largest absolute Gasteiger partial charge is 0.358 e. The molecule has 0 unspecified atom stereocenters. The third kappa shape index (κ3) is 4.89. The van der Waals surface area contributed by atoms with Crippen LogP contribution in [0.1, 0.15) is 11.1 Å². The number of benzene rings is 2. The zero-order valence-electron chi connectivity index (χ0n) is 12.9. The van der Waals surface area contributed by atoms with Gasteiger partial charge in [0.1, 0.15) is 0 Å². The number of nitrogens with zero attached hydrogens (tertiary/aromatic N) is 1. The first kappa shape index (κ1) is 16.6. The lowest BCUT2D eigenvalue weighted by molar-refractivity contribution is -0.384. The van der Waals surface area contributed by atoms with Gasteiger partial charge < -0.3 is 10.6 Å². The maximum Gasteiger partial charge on any atom is 0.269 e. The molecule has 2 aromatic carbocycles. The molecule has 1 atom stereocenters. The Labute approximate surface area is 134 Å². The molecule has 0 bridgehead atoms. The van der Waals surface area contributed by atoms with Crippen LogP contribution in [0, 0.1) is 10.1 Å². The molecule has 0 saturated carbocycles. The number of amides is 1. The van der Waals surface area contributed by atoms with Crippen molar-refractivity contribution >= 4 is 11.6 Å². The molecule has 0 aliphatic heterocycles. The summed E-state index contributed by atoms with van der Waals surface area (Å²) in [7, 11) is 1.59. The van der Waals surface area contributed by atoms with Gasteiger partial charge in [-0.15, -0.1) is 0 Å². The average Bonchev–Trinajstić information content (AvgIpc) is 2.59. The van der Waals surface area contributed by atoms with E-state index in [2.05, 4.69) is 10.6 Å². The van der Waals surface area contributed by atoms with Crippen molar-refractivity contribution in [2.45, 2.75) is 19.0 Å². The van der Waals surface area contributed by atoms with E-state index in [9.17, 15) is 14.9 Å². The molecule has 2 aromatic rings. The Hall–Kier alpha value is -2.73. The van der Waals surface area contributed by atoms with Gasteiger partial charge in [-0.25, -0.2) is 0 Å². The number of carbonyl (C=O) groups excluding carboxylic acids is 1. The van der Waals surface area contributed by atoms with E-state index in [1.165, 1.54) is 12.1 Å². The van der Waals surface area contributed by atoms with E-state index >= 15 is 0 Å². The van der Waals surface area contributed by atoms with E-state index in [1.807, 2.05) is 30.3 Å². The average molecular weight is 313 g/mol. The maximum atomic E-state index is 12.0. The summed E-state index contributed by atoms with van der Waals surface area (Å²) in [5.74, 6) is -0.112. The highest BCUT2D eigenvalue weighted by molar-refractivity contribution is 5.81. The number of likely N-dealkylation sites (N-methyl/N-ethyl adjacent to an activating group) is 1. The standard InChI is InChI=1S/C17H19N3O3/c1-18-17(21)16(19-12-14-5-3-2-4-6-14)11-13-7-9-15(10-8-13)20(22)23/h2-10,16,19H,11-12H2,1H3,(H,18,21)/t16-/m0/s1. The minimum Gasteiger partial charge on any atom is -0.358 e. The third-order valence-corrected chi connectivity index (χ3v) is 3.55. The highest BCUT2D eigenvalue weighted by Gasteiger charge is 2.17. The van der Waals surface area contributed by atoms with Crippen LogP contribution in [0.15, 0.2) is 54.6 Å². The van der Waals surface area contributed by atoms with E-state index in [0.29, 0.717) is 13.0 Å². The van der Waals surface area contributed by atoms with Crippen LogP contribution in [0.5, 0.6) is 0 Å². The minimum atomic E-state index is -0.437. The first-order valence-corrected chi connectivity index (χ1v) is 7.32. The molecule has 0 aromatic heterocycles. The zero-order chi connectivity index (χ0) is 16.7. The van der Waals surface area contributed by atoms with Gasteiger partial charge in [-0.1, -0.05) is 42.5 Å². The molecular formula is C17H19N3O3. The monoisotopic (exact) mass is 313 g/mol. The van der Waals surface area contributed by atoms with Crippen LogP contribution in [0.25, 0.3) is 0 Å². The Bertz CT molecular complexity index is 657. The summed E-state index contributed by atoms with van der Waals surface area (Å²) in [4.78, 5) is 22.3. The number of nitro groups is 1. The number of carbonyl (C=O) groups is 1. The van der Waals surface area contributed by atoms with Crippen molar-refractivity contribution in [2.24, 2.45) is 0 Å². The molecule has 0 aliphatic carbocycles. The molecule has 0 heterocycles. The highest BCUT2D eigenvalue weighted by atomic mass is 16.6. The fraction of sp³-hybridized carbons (Fsp3) is 0.235. The van der Waals surface area contributed by atoms with Crippen molar-refractivity contribution in [1.82, 2.24) is 10.6 Å². The van der Waals surface area contributed by atoms with Gasteiger partial charge in [0.2, 0.25) is 5.91 Å². The van der Waals surface area contributed by atoms with E-state index in [-0.39, 0.29) is 11.6 Å². The third-order valence-electron chi connectivity index (χ3n) is 3.55. The second-order valence-corrected chi connectivity index (χ2v) is 5.16. The minimum absolute atomic E-state index is 0.0440. The van der Waals surface area contributed by atoms with Gasteiger partial charge >= 0.3 is 0 Å². The molecule has 23 heavy (non-hydrogen) atoms. The number of nitro benzene ring substituents is 1. The molecule has 0 aliphatic rings. The first-order chi connectivity index (χ1) is 11.1. The van der Waals surface area contributed by atoms with Crippen LogP contribution in [0.2, 0.25) is 0 Å². The van der Waals surface area contributed by atoms with Gasteiger partial charge in [-0.05, 0) is 17.5 Å². The van der Waals surface area contributed by atoms with Gasteiger partial charge in [0.05, 0.1) is 11.0 Å². The van der Waals surface area contributed by atoms with Gasteiger partial charge in [-0.3, -0.25) is 14.9 Å². The van der Waals surface area contributed by atoms with Crippen molar-refractivity contribution < 1.29 is 9.72 Å².